The third-order valence-corrected chi connectivity index (χ3v) is 4.95. The normalized spacial score (nSPS) is 23.1. The number of amides is 1. The molecule has 2 N–H and O–H groups in total. The lowest BCUT2D eigenvalue weighted by molar-refractivity contribution is 0.0927. The average molecular weight is 279 g/mol. The van der Waals surface area contributed by atoms with Crippen LogP contribution in [-0.2, 0) is 0 Å². The quantitative estimate of drug-likeness (QED) is 0.894. The van der Waals surface area contributed by atoms with Crippen molar-refractivity contribution in [2.45, 2.75) is 43.9 Å². The number of rotatable bonds is 3. The summed E-state index contributed by atoms with van der Waals surface area (Å²) < 4.78 is 0. The number of phenols is 1. The fourth-order valence-electron chi connectivity index (χ4n) is 2.46. The van der Waals surface area contributed by atoms with Crippen LogP contribution in [0.1, 0.15) is 41.6 Å². The van der Waals surface area contributed by atoms with E-state index in [1.807, 2.05) is 18.7 Å². The molecule has 1 saturated carbocycles. The Bertz CT molecular complexity index is 453. The van der Waals surface area contributed by atoms with Crippen molar-refractivity contribution in [3.63, 3.8) is 0 Å². The lowest BCUT2D eigenvalue weighted by Crippen LogP contribution is -2.38. The van der Waals surface area contributed by atoms with Gasteiger partial charge in [0.25, 0.3) is 5.91 Å². The van der Waals surface area contributed by atoms with Gasteiger partial charge in [-0.15, -0.1) is 0 Å². The van der Waals surface area contributed by atoms with E-state index in [9.17, 15) is 9.90 Å². The SMILES string of the molecule is CSC1CCC(NC(=O)c2ccc(C)c(O)c2)CC1. The van der Waals surface area contributed by atoms with Crippen LogP contribution in [0.4, 0.5) is 0 Å². The van der Waals surface area contributed by atoms with Crippen molar-refractivity contribution in [3.05, 3.63) is 29.3 Å². The number of hydrogen-bond donors (Lipinski definition) is 2. The van der Waals surface area contributed by atoms with Crippen molar-refractivity contribution in [1.82, 2.24) is 5.32 Å². The van der Waals surface area contributed by atoms with Gasteiger partial charge in [0.15, 0.2) is 0 Å². The molecule has 3 nitrogen and oxygen atoms in total. The van der Waals surface area contributed by atoms with Crippen LogP contribution < -0.4 is 5.32 Å². The summed E-state index contributed by atoms with van der Waals surface area (Å²) >= 11 is 1.92. The Kier molecular flexibility index (Phi) is 4.75. The van der Waals surface area contributed by atoms with Crippen molar-refractivity contribution >= 4 is 17.7 Å². The fourth-order valence-corrected chi connectivity index (χ4v) is 3.21. The van der Waals surface area contributed by atoms with Crippen LogP contribution in [-0.4, -0.2) is 28.6 Å². The van der Waals surface area contributed by atoms with E-state index in [2.05, 4.69) is 11.6 Å². The Balaban J connectivity index is 1.92. The third kappa shape index (κ3) is 3.66. The van der Waals surface area contributed by atoms with Gasteiger partial charge in [-0.3, -0.25) is 4.79 Å². The lowest BCUT2D eigenvalue weighted by Gasteiger charge is -2.28. The van der Waals surface area contributed by atoms with Crippen molar-refractivity contribution in [2.75, 3.05) is 6.26 Å². The van der Waals surface area contributed by atoms with Crippen molar-refractivity contribution in [1.29, 1.82) is 0 Å². The maximum atomic E-state index is 12.1. The number of carbonyl (C=O) groups is 1. The largest absolute Gasteiger partial charge is 0.508 e. The number of thioether (sulfide) groups is 1. The highest BCUT2D eigenvalue weighted by molar-refractivity contribution is 7.99. The minimum Gasteiger partial charge on any atom is -0.508 e. The van der Waals surface area contributed by atoms with Crippen LogP contribution in [0, 0.1) is 6.92 Å². The number of nitrogens with one attached hydrogen (secondary N) is 1. The van der Waals surface area contributed by atoms with Gasteiger partial charge in [0, 0.05) is 16.9 Å². The van der Waals surface area contributed by atoms with E-state index in [0.29, 0.717) is 5.56 Å². The molecule has 1 aliphatic carbocycles. The van der Waals surface area contributed by atoms with E-state index < -0.39 is 0 Å². The highest BCUT2D eigenvalue weighted by Gasteiger charge is 2.22. The Morgan fingerprint density at radius 3 is 2.58 bits per heavy atom. The van der Waals surface area contributed by atoms with Gasteiger partial charge in [-0.25, -0.2) is 0 Å². The molecule has 0 unspecified atom stereocenters. The molecule has 0 saturated heterocycles. The van der Waals surface area contributed by atoms with E-state index in [-0.39, 0.29) is 17.7 Å². The van der Waals surface area contributed by atoms with Crippen LogP contribution in [0.15, 0.2) is 18.2 Å². The number of aromatic hydroxyl groups is 1. The lowest BCUT2D eigenvalue weighted by atomic mass is 9.94. The first-order valence-corrected chi connectivity index (χ1v) is 8.02. The maximum absolute atomic E-state index is 12.1. The second-order valence-corrected chi connectivity index (χ2v) is 6.32. The van der Waals surface area contributed by atoms with Gasteiger partial charge in [-0.05, 0) is 56.6 Å². The predicted octanol–water partition coefficient (Wildman–Crippen LogP) is 3.10. The molecule has 1 aromatic rings. The van der Waals surface area contributed by atoms with Crippen LogP contribution in [0.5, 0.6) is 5.75 Å². The number of benzene rings is 1. The number of hydrogen-bond acceptors (Lipinski definition) is 3. The second kappa shape index (κ2) is 6.33. The predicted molar refractivity (Wildman–Crippen MR) is 79.9 cm³/mol. The van der Waals surface area contributed by atoms with E-state index in [0.717, 1.165) is 23.7 Å². The zero-order valence-electron chi connectivity index (χ0n) is 11.5. The molecule has 0 radical (unpaired) electrons. The Morgan fingerprint density at radius 2 is 2.00 bits per heavy atom. The van der Waals surface area contributed by atoms with Crippen LogP contribution >= 0.6 is 11.8 Å². The zero-order valence-corrected chi connectivity index (χ0v) is 12.3. The highest BCUT2D eigenvalue weighted by Crippen LogP contribution is 2.27. The van der Waals surface area contributed by atoms with Gasteiger partial charge < -0.3 is 10.4 Å². The maximum Gasteiger partial charge on any atom is 0.251 e. The Labute approximate surface area is 118 Å². The molecule has 104 valence electrons. The van der Waals surface area contributed by atoms with Gasteiger partial charge in [-0.1, -0.05) is 6.07 Å². The molecule has 0 aliphatic heterocycles. The molecule has 1 aliphatic rings. The van der Waals surface area contributed by atoms with Gasteiger partial charge in [0.1, 0.15) is 5.75 Å². The number of phenolic OH excluding ortho intramolecular Hbond substituents is 1. The average Bonchev–Trinajstić information content (AvgIpc) is 2.42. The molecular formula is C15H21NO2S. The minimum absolute atomic E-state index is 0.0806. The van der Waals surface area contributed by atoms with Crippen LogP contribution in [0.3, 0.4) is 0 Å². The first-order chi connectivity index (χ1) is 9.10. The molecule has 1 aromatic carbocycles. The minimum atomic E-state index is -0.0806. The summed E-state index contributed by atoms with van der Waals surface area (Å²) in [6, 6.07) is 5.35. The molecule has 0 spiro atoms. The van der Waals surface area contributed by atoms with Crippen molar-refractivity contribution < 1.29 is 9.90 Å². The van der Waals surface area contributed by atoms with E-state index in [4.69, 9.17) is 0 Å². The first-order valence-electron chi connectivity index (χ1n) is 6.73. The van der Waals surface area contributed by atoms with Gasteiger partial charge >= 0.3 is 0 Å². The summed E-state index contributed by atoms with van der Waals surface area (Å²) in [7, 11) is 0. The van der Waals surface area contributed by atoms with Gasteiger partial charge in [0.2, 0.25) is 0 Å². The Hall–Kier alpha value is -1.16. The highest BCUT2D eigenvalue weighted by atomic mass is 32.2. The molecule has 0 atom stereocenters. The molecule has 1 fully saturated rings. The zero-order chi connectivity index (χ0) is 13.8. The molecular weight excluding hydrogens is 258 g/mol. The molecule has 0 heterocycles. The standard InChI is InChI=1S/C15H21NO2S/c1-10-3-4-11(9-14(10)17)15(18)16-12-5-7-13(19-2)8-6-12/h3-4,9,12-13,17H,5-8H2,1-2H3,(H,16,18). The van der Waals surface area contributed by atoms with E-state index in [1.54, 1.807) is 12.1 Å². The molecule has 0 bridgehead atoms. The summed E-state index contributed by atoms with van der Waals surface area (Å²) in [6.07, 6.45) is 6.60. The smallest absolute Gasteiger partial charge is 0.251 e. The summed E-state index contributed by atoms with van der Waals surface area (Å²) in [5.41, 5.74) is 1.33. The van der Waals surface area contributed by atoms with E-state index >= 15 is 0 Å². The molecule has 0 aromatic heterocycles. The molecule has 1 amide bonds. The van der Waals surface area contributed by atoms with Crippen LogP contribution in [0.2, 0.25) is 0 Å². The second-order valence-electron chi connectivity index (χ2n) is 5.18. The fraction of sp³-hybridized carbons (Fsp3) is 0.533. The number of carbonyl (C=O) groups excluding carboxylic acids is 1. The van der Waals surface area contributed by atoms with Crippen LogP contribution in [0.25, 0.3) is 0 Å². The monoisotopic (exact) mass is 279 g/mol. The first kappa shape index (κ1) is 14.3. The summed E-state index contributed by atoms with van der Waals surface area (Å²) in [6.45, 7) is 1.82. The Morgan fingerprint density at radius 1 is 1.32 bits per heavy atom. The number of aryl methyl sites for hydroxylation is 1. The van der Waals surface area contributed by atoms with Gasteiger partial charge in [-0.2, -0.15) is 11.8 Å². The topological polar surface area (TPSA) is 49.3 Å². The molecule has 4 heteroatoms. The molecule has 2 rings (SSSR count). The van der Waals surface area contributed by atoms with E-state index in [1.165, 1.54) is 18.9 Å². The summed E-state index contributed by atoms with van der Waals surface area (Å²) in [5.74, 6) is 0.0987. The third-order valence-electron chi connectivity index (χ3n) is 3.81. The summed E-state index contributed by atoms with van der Waals surface area (Å²) in [4.78, 5) is 12.1. The molecule has 19 heavy (non-hydrogen) atoms. The van der Waals surface area contributed by atoms with Crippen molar-refractivity contribution in [3.8, 4) is 5.75 Å². The van der Waals surface area contributed by atoms with Crippen molar-refractivity contribution in [2.24, 2.45) is 0 Å². The summed E-state index contributed by atoms with van der Waals surface area (Å²) in [5, 5.41) is 13.5. The van der Waals surface area contributed by atoms with Gasteiger partial charge in [0.05, 0.1) is 0 Å².